The van der Waals surface area contributed by atoms with E-state index in [9.17, 15) is 0 Å². The molecule has 0 aromatic carbocycles. The van der Waals surface area contributed by atoms with Crippen molar-refractivity contribution < 1.29 is 0 Å². The van der Waals surface area contributed by atoms with Crippen molar-refractivity contribution in [2.24, 2.45) is 0 Å². The van der Waals surface area contributed by atoms with Gasteiger partial charge in [-0.2, -0.15) is 0 Å². The molecule has 0 spiro atoms. The van der Waals surface area contributed by atoms with E-state index in [0.717, 1.165) is 0 Å². The highest BCUT2D eigenvalue weighted by atomic mass is 127. The van der Waals surface area contributed by atoms with Crippen molar-refractivity contribution in [3.63, 3.8) is 0 Å². The lowest BCUT2D eigenvalue weighted by molar-refractivity contribution is 0.181. The average molecular weight is 370 g/mol. The minimum atomic E-state index is 0. The summed E-state index contributed by atoms with van der Waals surface area (Å²) in [4.78, 5) is 4.72. The van der Waals surface area contributed by atoms with Gasteiger partial charge in [-0.05, 0) is 14.1 Å². The summed E-state index contributed by atoms with van der Waals surface area (Å²) < 4.78 is 0. The van der Waals surface area contributed by atoms with Crippen LogP contribution in [0.15, 0.2) is 0 Å². The van der Waals surface area contributed by atoms with Crippen LogP contribution in [0.25, 0.3) is 0 Å². The minimum Gasteiger partial charge on any atom is -0.304 e. The zero-order valence-corrected chi connectivity index (χ0v) is 11.2. The second-order valence-corrected chi connectivity index (χ2v) is 2.61. The molecule has 1 aliphatic heterocycles. The van der Waals surface area contributed by atoms with Crippen molar-refractivity contribution in [2.75, 3.05) is 40.3 Å². The predicted octanol–water partition coefficient (Wildman–Crippen LogP) is 1.10. The molecule has 2 nitrogen and oxygen atoms in total. The molecule has 0 bridgehead atoms. The van der Waals surface area contributed by atoms with E-state index >= 15 is 0 Å². The van der Waals surface area contributed by atoms with Gasteiger partial charge in [0.1, 0.15) is 0 Å². The van der Waals surface area contributed by atoms with E-state index in [2.05, 4.69) is 23.9 Å². The Balaban J connectivity index is 0. The van der Waals surface area contributed by atoms with Crippen LogP contribution in [-0.4, -0.2) is 50.1 Å². The molecular weight excluding hydrogens is 354 g/mol. The number of rotatable bonds is 0. The third-order valence-corrected chi connectivity index (χ3v) is 1.73. The largest absolute Gasteiger partial charge is 0.304 e. The van der Waals surface area contributed by atoms with E-state index in [0.29, 0.717) is 0 Å². The zero-order valence-electron chi connectivity index (χ0n) is 6.54. The lowest BCUT2D eigenvalue weighted by Crippen LogP contribution is -2.42. The first kappa shape index (κ1) is 13.9. The maximum absolute atomic E-state index is 2.36. The summed E-state index contributed by atoms with van der Waals surface area (Å²) in [5.41, 5.74) is 0. The number of likely N-dealkylation sites (N-methyl/N-ethyl adjacent to an activating group) is 2. The fraction of sp³-hybridized carbons (Fsp3) is 1.00. The first-order valence-corrected chi connectivity index (χ1v) is 3.16. The smallest absolute Gasteiger partial charge is 0.0107 e. The SMILES string of the molecule is CN1CCN(C)CC1.I.I. The topological polar surface area (TPSA) is 6.48 Å². The Morgan fingerprint density at radius 3 is 1.10 bits per heavy atom. The van der Waals surface area contributed by atoms with Gasteiger partial charge in [0.25, 0.3) is 0 Å². The monoisotopic (exact) mass is 370 g/mol. The Hall–Kier alpha value is 1.38. The number of halogens is 2. The molecule has 0 saturated carbocycles. The van der Waals surface area contributed by atoms with Crippen LogP contribution in [0.4, 0.5) is 0 Å². The van der Waals surface area contributed by atoms with Crippen LogP contribution in [0.2, 0.25) is 0 Å². The molecule has 0 aromatic rings. The first-order chi connectivity index (χ1) is 3.79. The highest BCUT2D eigenvalue weighted by Gasteiger charge is 2.07. The fourth-order valence-electron chi connectivity index (χ4n) is 0.906. The van der Waals surface area contributed by atoms with Crippen LogP contribution in [0.1, 0.15) is 0 Å². The summed E-state index contributed by atoms with van der Waals surface area (Å²) in [5, 5.41) is 0. The number of nitrogens with zero attached hydrogens (tertiary/aromatic N) is 2. The highest BCUT2D eigenvalue weighted by molar-refractivity contribution is 14.0. The maximum Gasteiger partial charge on any atom is 0.0107 e. The minimum absolute atomic E-state index is 0. The summed E-state index contributed by atoms with van der Waals surface area (Å²) in [7, 11) is 4.35. The summed E-state index contributed by atoms with van der Waals surface area (Å²) in [5.74, 6) is 0. The van der Waals surface area contributed by atoms with Gasteiger partial charge in [-0.3, -0.25) is 0 Å². The quantitative estimate of drug-likeness (QED) is 0.590. The van der Waals surface area contributed by atoms with E-state index in [1.807, 2.05) is 0 Å². The molecule has 1 aliphatic rings. The van der Waals surface area contributed by atoms with Gasteiger partial charge in [0.2, 0.25) is 0 Å². The van der Waals surface area contributed by atoms with Crippen molar-refractivity contribution in [2.45, 2.75) is 0 Å². The van der Waals surface area contributed by atoms with Gasteiger partial charge in [0.15, 0.2) is 0 Å². The van der Waals surface area contributed by atoms with Crippen LogP contribution >= 0.6 is 48.0 Å². The number of hydrogen-bond donors (Lipinski definition) is 0. The van der Waals surface area contributed by atoms with Gasteiger partial charge in [-0.15, -0.1) is 48.0 Å². The van der Waals surface area contributed by atoms with Gasteiger partial charge >= 0.3 is 0 Å². The van der Waals surface area contributed by atoms with E-state index < -0.39 is 0 Å². The van der Waals surface area contributed by atoms with Gasteiger partial charge in [0.05, 0.1) is 0 Å². The Morgan fingerprint density at radius 1 is 0.700 bits per heavy atom. The summed E-state index contributed by atoms with van der Waals surface area (Å²) in [6.07, 6.45) is 0. The van der Waals surface area contributed by atoms with E-state index in [1.54, 1.807) is 0 Å². The standard InChI is InChI=1S/C6H14N2.2HI/c1-7-3-5-8(2)6-4-7;;/h3-6H2,1-2H3;2*1H. The van der Waals surface area contributed by atoms with Crippen molar-refractivity contribution in [3.8, 4) is 0 Å². The Morgan fingerprint density at radius 2 is 0.900 bits per heavy atom. The Labute approximate surface area is 97.4 Å². The summed E-state index contributed by atoms with van der Waals surface area (Å²) in [6, 6.07) is 0. The summed E-state index contributed by atoms with van der Waals surface area (Å²) in [6.45, 7) is 4.93. The van der Waals surface area contributed by atoms with Crippen molar-refractivity contribution in [1.82, 2.24) is 9.80 Å². The average Bonchev–Trinajstić information content (AvgIpc) is 1.77. The third-order valence-electron chi connectivity index (χ3n) is 1.73. The van der Waals surface area contributed by atoms with Crippen LogP contribution in [0.3, 0.4) is 0 Å². The van der Waals surface area contributed by atoms with Gasteiger partial charge in [0, 0.05) is 26.2 Å². The first-order valence-electron chi connectivity index (χ1n) is 3.16. The molecule has 10 heavy (non-hydrogen) atoms. The molecule has 64 valence electrons. The van der Waals surface area contributed by atoms with E-state index in [1.165, 1.54) is 26.2 Å². The lowest BCUT2D eigenvalue weighted by atomic mass is 10.4. The highest BCUT2D eigenvalue weighted by Crippen LogP contribution is 1.93. The molecule has 1 fully saturated rings. The molecule has 0 aliphatic carbocycles. The molecule has 1 heterocycles. The number of piperazine rings is 1. The predicted molar refractivity (Wildman–Crippen MR) is 65.8 cm³/mol. The normalized spacial score (nSPS) is 21.0. The molecular formula is C6H16I2N2. The second-order valence-electron chi connectivity index (χ2n) is 2.61. The molecule has 0 N–H and O–H groups in total. The van der Waals surface area contributed by atoms with Crippen LogP contribution in [0, 0.1) is 0 Å². The van der Waals surface area contributed by atoms with Crippen LogP contribution in [0.5, 0.6) is 0 Å². The molecule has 4 heteroatoms. The Bertz CT molecular complexity index is 62.1. The van der Waals surface area contributed by atoms with Crippen molar-refractivity contribution in [1.29, 1.82) is 0 Å². The van der Waals surface area contributed by atoms with Gasteiger partial charge in [-0.1, -0.05) is 0 Å². The van der Waals surface area contributed by atoms with Gasteiger partial charge < -0.3 is 9.80 Å². The van der Waals surface area contributed by atoms with Crippen LogP contribution < -0.4 is 0 Å². The summed E-state index contributed by atoms with van der Waals surface area (Å²) >= 11 is 0. The zero-order chi connectivity index (χ0) is 5.98. The van der Waals surface area contributed by atoms with E-state index in [-0.39, 0.29) is 48.0 Å². The molecule has 0 atom stereocenters. The second kappa shape index (κ2) is 7.05. The molecule has 1 saturated heterocycles. The molecule has 0 amide bonds. The van der Waals surface area contributed by atoms with Crippen molar-refractivity contribution in [3.05, 3.63) is 0 Å². The Kier molecular flexibility index (Phi) is 9.83. The molecule has 0 radical (unpaired) electrons. The van der Waals surface area contributed by atoms with Gasteiger partial charge in [-0.25, -0.2) is 0 Å². The van der Waals surface area contributed by atoms with E-state index in [4.69, 9.17) is 0 Å². The lowest BCUT2D eigenvalue weighted by Gasteiger charge is -2.28. The maximum atomic E-state index is 2.36. The van der Waals surface area contributed by atoms with Crippen molar-refractivity contribution >= 4 is 48.0 Å². The number of hydrogen-bond acceptors (Lipinski definition) is 2. The molecule has 0 unspecified atom stereocenters. The molecule has 1 rings (SSSR count). The third kappa shape index (κ3) is 5.09. The molecule has 0 aromatic heterocycles. The fourth-order valence-corrected chi connectivity index (χ4v) is 0.906. The van der Waals surface area contributed by atoms with Crippen LogP contribution in [-0.2, 0) is 0 Å².